The number of hydrogen-bond acceptors (Lipinski definition) is 3. The predicted molar refractivity (Wildman–Crippen MR) is 91.6 cm³/mol. The van der Waals surface area contributed by atoms with Gasteiger partial charge in [-0.3, -0.25) is 9.97 Å². The van der Waals surface area contributed by atoms with E-state index < -0.39 is 17.8 Å². The smallest absolute Gasteiger partial charge is 0.308 e. The van der Waals surface area contributed by atoms with Crippen LogP contribution in [0.1, 0.15) is 5.56 Å². The molecule has 132 valence electrons. The molecule has 0 aliphatic rings. The molecule has 2 aromatic heterocycles. The van der Waals surface area contributed by atoms with Gasteiger partial charge in [0.2, 0.25) is 0 Å². The summed E-state index contributed by atoms with van der Waals surface area (Å²) in [5.41, 5.74) is 0.434. The van der Waals surface area contributed by atoms with Crippen LogP contribution in [-0.2, 0) is 6.18 Å². The average molecular weight is 358 g/mol. The SMILES string of the molecule is O=C(Nc1ccncc1)Nc1cc(-c2cccnc2)cc(C(F)(F)F)c1. The summed E-state index contributed by atoms with van der Waals surface area (Å²) in [6, 6.07) is 9.09. The van der Waals surface area contributed by atoms with Crippen molar-refractivity contribution in [1.29, 1.82) is 0 Å². The Morgan fingerprint density at radius 3 is 2.23 bits per heavy atom. The second-order valence-corrected chi connectivity index (χ2v) is 5.35. The highest BCUT2D eigenvalue weighted by Crippen LogP contribution is 2.34. The highest BCUT2D eigenvalue weighted by molar-refractivity contribution is 6.00. The van der Waals surface area contributed by atoms with Crippen molar-refractivity contribution in [3.63, 3.8) is 0 Å². The Morgan fingerprint density at radius 2 is 1.58 bits per heavy atom. The van der Waals surface area contributed by atoms with Crippen molar-refractivity contribution < 1.29 is 18.0 Å². The quantitative estimate of drug-likeness (QED) is 0.706. The van der Waals surface area contributed by atoms with Crippen molar-refractivity contribution in [2.75, 3.05) is 10.6 Å². The highest BCUT2D eigenvalue weighted by atomic mass is 19.4. The van der Waals surface area contributed by atoms with Gasteiger partial charge in [0.15, 0.2) is 0 Å². The van der Waals surface area contributed by atoms with E-state index in [4.69, 9.17) is 0 Å². The largest absolute Gasteiger partial charge is 0.416 e. The van der Waals surface area contributed by atoms with E-state index in [0.717, 1.165) is 12.1 Å². The Bertz CT molecular complexity index is 899. The molecule has 0 bridgehead atoms. The molecule has 0 aliphatic heterocycles. The minimum Gasteiger partial charge on any atom is -0.308 e. The fourth-order valence-corrected chi connectivity index (χ4v) is 2.29. The Kier molecular flexibility index (Phi) is 4.83. The summed E-state index contributed by atoms with van der Waals surface area (Å²) in [6.07, 6.45) is 1.41. The third-order valence-corrected chi connectivity index (χ3v) is 3.45. The summed E-state index contributed by atoms with van der Waals surface area (Å²) in [5, 5.41) is 4.95. The third kappa shape index (κ3) is 4.35. The van der Waals surface area contributed by atoms with Crippen molar-refractivity contribution >= 4 is 17.4 Å². The minimum atomic E-state index is -4.55. The second-order valence-electron chi connectivity index (χ2n) is 5.35. The molecule has 2 heterocycles. The number of amides is 2. The van der Waals surface area contributed by atoms with E-state index in [9.17, 15) is 18.0 Å². The maximum Gasteiger partial charge on any atom is 0.416 e. The van der Waals surface area contributed by atoms with Gasteiger partial charge in [-0.05, 0) is 42.0 Å². The summed E-state index contributed by atoms with van der Waals surface area (Å²) >= 11 is 0. The lowest BCUT2D eigenvalue weighted by Crippen LogP contribution is -2.20. The molecule has 0 saturated carbocycles. The Labute approximate surface area is 146 Å². The second kappa shape index (κ2) is 7.22. The van der Waals surface area contributed by atoms with Crippen molar-refractivity contribution in [2.45, 2.75) is 6.18 Å². The average Bonchev–Trinajstić information content (AvgIpc) is 2.62. The molecule has 0 spiro atoms. The third-order valence-electron chi connectivity index (χ3n) is 3.45. The lowest BCUT2D eigenvalue weighted by molar-refractivity contribution is -0.137. The number of anilines is 2. The van der Waals surface area contributed by atoms with Gasteiger partial charge in [-0.25, -0.2) is 4.79 Å². The number of halogens is 3. The molecule has 0 fully saturated rings. The molecule has 1 aromatic carbocycles. The number of alkyl halides is 3. The molecule has 3 aromatic rings. The van der Waals surface area contributed by atoms with Crippen molar-refractivity contribution in [1.82, 2.24) is 9.97 Å². The van der Waals surface area contributed by atoms with Gasteiger partial charge in [-0.15, -0.1) is 0 Å². The maximum atomic E-state index is 13.2. The summed E-state index contributed by atoms with van der Waals surface area (Å²) in [5.74, 6) is 0. The lowest BCUT2D eigenvalue weighted by Gasteiger charge is -2.13. The van der Waals surface area contributed by atoms with E-state index in [1.54, 1.807) is 24.3 Å². The van der Waals surface area contributed by atoms with Crippen LogP contribution in [0.2, 0.25) is 0 Å². The van der Waals surface area contributed by atoms with Crippen LogP contribution in [0.15, 0.2) is 67.3 Å². The molecule has 0 unspecified atom stereocenters. The first-order chi connectivity index (χ1) is 12.4. The van der Waals surface area contributed by atoms with Crippen LogP contribution in [0, 0.1) is 0 Å². The summed E-state index contributed by atoms with van der Waals surface area (Å²) in [7, 11) is 0. The van der Waals surface area contributed by atoms with Crippen LogP contribution in [0.25, 0.3) is 11.1 Å². The van der Waals surface area contributed by atoms with Gasteiger partial charge in [0.1, 0.15) is 0 Å². The number of pyridine rings is 2. The monoisotopic (exact) mass is 358 g/mol. The molecule has 8 heteroatoms. The van der Waals surface area contributed by atoms with Crippen LogP contribution in [0.3, 0.4) is 0 Å². The summed E-state index contributed by atoms with van der Waals surface area (Å²) < 4.78 is 39.6. The fourth-order valence-electron chi connectivity index (χ4n) is 2.29. The van der Waals surface area contributed by atoms with E-state index in [1.807, 2.05) is 0 Å². The molecule has 0 radical (unpaired) electrons. The van der Waals surface area contributed by atoms with E-state index in [1.165, 1.54) is 30.9 Å². The number of nitrogens with zero attached hydrogens (tertiary/aromatic N) is 2. The van der Waals surface area contributed by atoms with Crippen LogP contribution in [0.4, 0.5) is 29.3 Å². The van der Waals surface area contributed by atoms with Crippen molar-refractivity contribution in [2.24, 2.45) is 0 Å². The molecule has 3 rings (SSSR count). The summed E-state index contributed by atoms with van der Waals surface area (Å²) in [4.78, 5) is 19.8. The van der Waals surface area contributed by atoms with Crippen molar-refractivity contribution in [3.8, 4) is 11.1 Å². The number of nitrogens with one attached hydrogen (secondary N) is 2. The molecule has 2 amide bonds. The number of benzene rings is 1. The number of urea groups is 1. The van der Waals surface area contributed by atoms with Gasteiger partial charge in [-0.2, -0.15) is 13.2 Å². The zero-order valence-corrected chi connectivity index (χ0v) is 13.3. The molecule has 0 aliphatic carbocycles. The number of aromatic nitrogens is 2. The van der Waals surface area contributed by atoms with Gasteiger partial charge in [0, 0.05) is 41.7 Å². The minimum absolute atomic E-state index is 0.0187. The van der Waals surface area contributed by atoms with E-state index >= 15 is 0 Å². The number of rotatable bonds is 3. The predicted octanol–water partition coefficient (Wildman–Crippen LogP) is 4.81. The first kappa shape index (κ1) is 17.4. The van der Waals surface area contributed by atoms with Gasteiger partial charge in [0.25, 0.3) is 0 Å². The molecule has 26 heavy (non-hydrogen) atoms. The molecular formula is C18H13F3N4O. The zero-order chi connectivity index (χ0) is 18.6. The number of carbonyl (C=O) groups excluding carboxylic acids is 1. The molecule has 2 N–H and O–H groups in total. The normalized spacial score (nSPS) is 11.0. The van der Waals surface area contributed by atoms with E-state index in [0.29, 0.717) is 16.8 Å². The molecule has 5 nitrogen and oxygen atoms in total. The standard InChI is InChI=1S/C18H13F3N4O/c19-18(20,21)14-8-13(12-2-1-5-23-11-12)9-16(10-14)25-17(26)24-15-3-6-22-7-4-15/h1-11H,(H2,22,24,25,26). The van der Waals surface area contributed by atoms with Crippen molar-refractivity contribution in [3.05, 3.63) is 72.8 Å². The topological polar surface area (TPSA) is 66.9 Å². The number of carbonyl (C=O) groups is 1. The first-order valence-electron chi connectivity index (χ1n) is 7.52. The van der Waals surface area contributed by atoms with Crippen LogP contribution in [-0.4, -0.2) is 16.0 Å². The first-order valence-corrected chi connectivity index (χ1v) is 7.52. The Balaban J connectivity index is 1.89. The fraction of sp³-hybridized carbons (Fsp3) is 0.0556. The van der Waals surface area contributed by atoms with Gasteiger partial charge >= 0.3 is 12.2 Å². The molecular weight excluding hydrogens is 345 g/mol. The van der Waals surface area contributed by atoms with E-state index in [-0.39, 0.29) is 5.69 Å². The van der Waals surface area contributed by atoms with Gasteiger partial charge in [0.05, 0.1) is 5.56 Å². The maximum absolute atomic E-state index is 13.2. The summed E-state index contributed by atoms with van der Waals surface area (Å²) in [6.45, 7) is 0. The van der Waals surface area contributed by atoms with Crippen LogP contribution >= 0.6 is 0 Å². The lowest BCUT2D eigenvalue weighted by atomic mass is 10.0. The Morgan fingerprint density at radius 1 is 0.846 bits per heavy atom. The Hall–Kier alpha value is -3.42. The van der Waals surface area contributed by atoms with E-state index in [2.05, 4.69) is 20.6 Å². The number of hydrogen-bond donors (Lipinski definition) is 2. The van der Waals surface area contributed by atoms with Gasteiger partial charge < -0.3 is 10.6 Å². The van der Waals surface area contributed by atoms with Gasteiger partial charge in [-0.1, -0.05) is 6.07 Å². The van der Waals surface area contributed by atoms with Crippen LogP contribution < -0.4 is 10.6 Å². The molecule has 0 saturated heterocycles. The highest BCUT2D eigenvalue weighted by Gasteiger charge is 2.31. The molecule has 0 atom stereocenters. The van der Waals surface area contributed by atoms with Crippen LogP contribution in [0.5, 0.6) is 0 Å². The zero-order valence-electron chi connectivity index (χ0n) is 13.3.